The molecular weight excluding hydrogens is 342 g/mol. The van der Waals surface area contributed by atoms with Gasteiger partial charge in [-0.2, -0.15) is 0 Å². The van der Waals surface area contributed by atoms with Crippen LogP contribution >= 0.6 is 0 Å². The van der Waals surface area contributed by atoms with Crippen molar-refractivity contribution in [2.24, 2.45) is 5.11 Å². The summed E-state index contributed by atoms with van der Waals surface area (Å²) in [6, 6.07) is 20.2. The summed E-state index contributed by atoms with van der Waals surface area (Å²) in [5.74, 6) is 1.19. The molecule has 3 aromatic rings. The Morgan fingerprint density at radius 3 is 2.48 bits per heavy atom. The van der Waals surface area contributed by atoms with Gasteiger partial charge in [0.15, 0.2) is 0 Å². The number of carbonyl (C=O) groups excluding carboxylic acids is 1. The summed E-state index contributed by atoms with van der Waals surface area (Å²) in [5, 5.41) is 6.29. The molecule has 1 N–H and O–H groups in total. The third-order valence-corrected chi connectivity index (χ3v) is 3.75. The van der Waals surface area contributed by atoms with Crippen LogP contribution in [0.15, 0.2) is 71.8 Å². The van der Waals surface area contributed by atoms with Gasteiger partial charge in [0.1, 0.15) is 17.3 Å². The molecule has 0 saturated heterocycles. The minimum absolute atomic E-state index is 0.0709. The highest BCUT2D eigenvalue weighted by Crippen LogP contribution is 2.21. The van der Waals surface area contributed by atoms with Gasteiger partial charge < -0.3 is 10.1 Å². The van der Waals surface area contributed by atoms with Crippen molar-refractivity contribution in [2.45, 2.75) is 13.5 Å². The number of rotatable bonds is 6. The molecule has 0 aliphatic rings. The number of azide groups is 1. The van der Waals surface area contributed by atoms with E-state index in [1.165, 1.54) is 0 Å². The van der Waals surface area contributed by atoms with Gasteiger partial charge in [0.2, 0.25) is 0 Å². The lowest BCUT2D eigenvalue weighted by molar-refractivity contribution is 0.0951. The molecule has 0 radical (unpaired) electrons. The second-order valence-corrected chi connectivity index (χ2v) is 5.75. The van der Waals surface area contributed by atoms with Gasteiger partial charge in [-0.05, 0) is 59.5 Å². The number of aromatic nitrogens is 1. The van der Waals surface area contributed by atoms with Crippen molar-refractivity contribution in [1.29, 1.82) is 0 Å². The fourth-order valence-corrected chi connectivity index (χ4v) is 2.42. The van der Waals surface area contributed by atoms with Gasteiger partial charge in [-0.3, -0.25) is 9.78 Å². The molecular formula is C20H17N5O2. The summed E-state index contributed by atoms with van der Waals surface area (Å²) in [5.41, 5.74) is 10.5. The lowest BCUT2D eigenvalue weighted by Crippen LogP contribution is -2.23. The third-order valence-electron chi connectivity index (χ3n) is 3.75. The molecule has 0 aliphatic heterocycles. The molecule has 0 bridgehead atoms. The summed E-state index contributed by atoms with van der Waals surface area (Å²) in [6.07, 6.45) is 0. The van der Waals surface area contributed by atoms with E-state index in [-0.39, 0.29) is 17.3 Å². The van der Waals surface area contributed by atoms with Crippen LogP contribution in [0, 0.1) is 6.92 Å². The minimum atomic E-state index is -0.352. The van der Waals surface area contributed by atoms with Crippen LogP contribution in [0.3, 0.4) is 0 Å². The maximum atomic E-state index is 12.4. The number of carbonyl (C=O) groups is 1. The molecule has 7 nitrogen and oxygen atoms in total. The lowest BCUT2D eigenvalue weighted by atomic mass is 10.2. The highest BCUT2D eigenvalue weighted by atomic mass is 16.5. The second-order valence-electron chi connectivity index (χ2n) is 5.75. The number of pyridine rings is 1. The van der Waals surface area contributed by atoms with Crippen LogP contribution in [0.4, 0.5) is 5.82 Å². The van der Waals surface area contributed by atoms with E-state index < -0.39 is 0 Å². The minimum Gasteiger partial charge on any atom is -0.457 e. The van der Waals surface area contributed by atoms with E-state index in [0.29, 0.717) is 18.0 Å². The van der Waals surface area contributed by atoms with E-state index in [2.05, 4.69) is 20.3 Å². The zero-order chi connectivity index (χ0) is 19.1. The Labute approximate surface area is 156 Å². The van der Waals surface area contributed by atoms with Crippen LogP contribution in [-0.4, -0.2) is 10.9 Å². The fraction of sp³-hybridized carbons (Fsp3) is 0.100. The summed E-state index contributed by atoms with van der Waals surface area (Å²) < 4.78 is 5.74. The quantitative estimate of drug-likeness (QED) is 0.378. The van der Waals surface area contributed by atoms with Crippen LogP contribution in [0.1, 0.15) is 21.6 Å². The van der Waals surface area contributed by atoms with Crippen molar-refractivity contribution < 1.29 is 9.53 Å². The molecule has 2 aromatic carbocycles. The molecule has 1 aromatic heterocycles. The Balaban J connectivity index is 1.63. The number of para-hydroxylation sites is 1. The van der Waals surface area contributed by atoms with Gasteiger partial charge >= 0.3 is 0 Å². The van der Waals surface area contributed by atoms with Crippen molar-refractivity contribution in [3.63, 3.8) is 0 Å². The molecule has 0 saturated carbocycles. The third kappa shape index (κ3) is 4.84. The van der Waals surface area contributed by atoms with Gasteiger partial charge in [-0.25, -0.2) is 0 Å². The average molecular weight is 359 g/mol. The highest BCUT2D eigenvalue weighted by molar-refractivity contribution is 5.98. The number of benzene rings is 2. The zero-order valence-corrected chi connectivity index (χ0v) is 14.7. The maximum Gasteiger partial charge on any atom is 0.253 e. The second kappa shape index (κ2) is 8.51. The first kappa shape index (κ1) is 18.0. The molecule has 0 unspecified atom stereocenters. The van der Waals surface area contributed by atoms with Crippen molar-refractivity contribution in [2.75, 3.05) is 0 Å². The first-order valence-electron chi connectivity index (χ1n) is 8.28. The predicted molar refractivity (Wildman–Crippen MR) is 102 cm³/mol. The summed E-state index contributed by atoms with van der Waals surface area (Å²) in [4.78, 5) is 19.2. The van der Waals surface area contributed by atoms with Crippen LogP contribution in [0.2, 0.25) is 0 Å². The first-order chi connectivity index (χ1) is 13.2. The number of aryl methyl sites for hydroxylation is 1. The zero-order valence-electron chi connectivity index (χ0n) is 14.7. The molecule has 7 heteroatoms. The molecule has 0 atom stereocenters. The van der Waals surface area contributed by atoms with Gasteiger partial charge in [0.25, 0.3) is 5.91 Å². The van der Waals surface area contributed by atoms with Gasteiger partial charge in [-0.1, -0.05) is 30.3 Å². The van der Waals surface area contributed by atoms with E-state index in [1.807, 2.05) is 54.6 Å². The Bertz CT molecular complexity index is 981. The molecule has 1 amide bonds. The van der Waals surface area contributed by atoms with Crippen LogP contribution in [0.5, 0.6) is 11.5 Å². The first-order valence-corrected chi connectivity index (χ1v) is 8.28. The Morgan fingerprint density at radius 1 is 1.07 bits per heavy atom. The Hall–Kier alpha value is -3.83. The van der Waals surface area contributed by atoms with Gasteiger partial charge in [-0.15, -0.1) is 0 Å². The van der Waals surface area contributed by atoms with Gasteiger partial charge in [0.05, 0.1) is 5.56 Å². The summed E-state index contributed by atoms with van der Waals surface area (Å²) in [7, 11) is 0. The standard InChI is InChI=1S/C20H17N5O2/c1-14-7-12-18(19(23-14)24-25-21)20(26)22-13-15-8-10-17(11-9-15)27-16-5-3-2-4-6-16/h2-12H,13H2,1H3,(H,22,26). The van der Waals surface area contributed by atoms with E-state index in [1.54, 1.807) is 19.1 Å². The maximum absolute atomic E-state index is 12.4. The lowest BCUT2D eigenvalue weighted by Gasteiger charge is -2.09. The number of nitrogens with one attached hydrogen (secondary N) is 1. The molecule has 0 spiro atoms. The number of hydrogen-bond donors (Lipinski definition) is 1. The van der Waals surface area contributed by atoms with Crippen molar-refractivity contribution in [3.05, 3.63) is 94.0 Å². The van der Waals surface area contributed by atoms with Crippen LogP contribution < -0.4 is 10.1 Å². The van der Waals surface area contributed by atoms with Gasteiger partial charge in [0, 0.05) is 17.2 Å². The number of hydrogen-bond acceptors (Lipinski definition) is 4. The SMILES string of the molecule is Cc1ccc(C(=O)NCc2ccc(Oc3ccccc3)cc2)c(N=[N+]=[N-])n1. The predicted octanol–water partition coefficient (Wildman–Crippen LogP) is 5.05. The normalized spacial score (nSPS) is 9.96. The summed E-state index contributed by atoms with van der Waals surface area (Å²) in [6.45, 7) is 2.09. The molecule has 3 rings (SSSR count). The number of nitrogens with zero attached hydrogens (tertiary/aromatic N) is 4. The molecule has 0 fully saturated rings. The van der Waals surface area contributed by atoms with Crippen molar-refractivity contribution in [1.82, 2.24) is 10.3 Å². The molecule has 1 heterocycles. The van der Waals surface area contributed by atoms with E-state index >= 15 is 0 Å². The molecule has 134 valence electrons. The van der Waals surface area contributed by atoms with Crippen LogP contribution in [0.25, 0.3) is 10.4 Å². The van der Waals surface area contributed by atoms with Crippen LogP contribution in [-0.2, 0) is 6.54 Å². The smallest absolute Gasteiger partial charge is 0.253 e. The average Bonchev–Trinajstić information content (AvgIpc) is 2.68. The molecule has 0 aliphatic carbocycles. The van der Waals surface area contributed by atoms with Crippen molar-refractivity contribution >= 4 is 11.7 Å². The Morgan fingerprint density at radius 2 is 1.78 bits per heavy atom. The van der Waals surface area contributed by atoms with E-state index in [0.717, 1.165) is 11.3 Å². The highest BCUT2D eigenvalue weighted by Gasteiger charge is 2.11. The van der Waals surface area contributed by atoms with E-state index in [9.17, 15) is 4.79 Å². The van der Waals surface area contributed by atoms with E-state index in [4.69, 9.17) is 10.3 Å². The Kier molecular flexibility index (Phi) is 5.67. The summed E-state index contributed by atoms with van der Waals surface area (Å²) >= 11 is 0. The fourth-order valence-electron chi connectivity index (χ4n) is 2.42. The number of ether oxygens (including phenoxy) is 1. The largest absolute Gasteiger partial charge is 0.457 e. The molecule has 27 heavy (non-hydrogen) atoms. The topological polar surface area (TPSA) is 100.0 Å². The number of amides is 1. The monoisotopic (exact) mass is 359 g/mol. The van der Waals surface area contributed by atoms with Crippen molar-refractivity contribution in [3.8, 4) is 11.5 Å².